The van der Waals surface area contributed by atoms with E-state index in [-0.39, 0.29) is 5.41 Å². The monoisotopic (exact) mass is 281 g/mol. The number of halogens is 1. The Labute approximate surface area is 121 Å². The summed E-state index contributed by atoms with van der Waals surface area (Å²) >= 11 is 6.20. The summed E-state index contributed by atoms with van der Waals surface area (Å²) < 4.78 is 5.86. The topological polar surface area (TPSA) is 12.5 Å². The summed E-state index contributed by atoms with van der Waals surface area (Å²) in [5, 5.41) is 0.703. The molecule has 106 valence electrons. The van der Waals surface area contributed by atoms with Crippen LogP contribution in [0.5, 0.6) is 5.75 Å². The van der Waals surface area contributed by atoms with Crippen LogP contribution >= 0.6 is 11.6 Å². The molecule has 0 atom stereocenters. The number of hydrogen-bond acceptors (Lipinski definition) is 2. The molecular formula is C16H24ClNO. The molecule has 0 aromatic heterocycles. The summed E-state index contributed by atoms with van der Waals surface area (Å²) in [6.45, 7) is 10.7. The number of ether oxygens (including phenoxy) is 1. The smallest absolute Gasteiger partial charge is 0.138 e. The van der Waals surface area contributed by atoms with Gasteiger partial charge < -0.3 is 4.74 Å². The summed E-state index contributed by atoms with van der Waals surface area (Å²) in [5.41, 5.74) is 1.38. The highest BCUT2D eigenvalue weighted by Crippen LogP contribution is 2.31. The van der Waals surface area contributed by atoms with E-state index in [2.05, 4.69) is 37.8 Å². The third-order valence-electron chi connectivity index (χ3n) is 3.66. The molecule has 0 amide bonds. The standard InChI is InChI=1S/C16H24ClNO/c1-16(2,3)13-6-7-14(17)15(12-13)19-11-10-18-8-4-5-9-18/h6-7,12H,4-5,8-11H2,1-3H3. The SMILES string of the molecule is CC(C)(C)c1ccc(Cl)c(OCCN2CCCC2)c1. The lowest BCUT2D eigenvalue weighted by molar-refractivity contribution is 0.237. The molecule has 2 nitrogen and oxygen atoms in total. The first-order valence-corrected chi connectivity index (χ1v) is 7.50. The van der Waals surface area contributed by atoms with Gasteiger partial charge in [-0.1, -0.05) is 38.4 Å². The van der Waals surface area contributed by atoms with E-state index in [4.69, 9.17) is 16.3 Å². The van der Waals surface area contributed by atoms with Crippen LogP contribution in [0.4, 0.5) is 0 Å². The van der Waals surface area contributed by atoms with Crippen LogP contribution in [-0.4, -0.2) is 31.1 Å². The quantitative estimate of drug-likeness (QED) is 0.823. The van der Waals surface area contributed by atoms with Gasteiger partial charge in [-0.15, -0.1) is 0 Å². The average molecular weight is 282 g/mol. The highest BCUT2D eigenvalue weighted by Gasteiger charge is 2.16. The molecule has 1 aromatic rings. The first kappa shape index (κ1) is 14.7. The predicted molar refractivity (Wildman–Crippen MR) is 81.3 cm³/mol. The molecule has 0 N–H and O–H groups in total. The Hall–Kier alpha value is -0.730. The van der Waals surface area contributed by atoms with Gasteiger partial charge in [0.1, 0.15) is 12.4 Å². The normalized spacial score (nSPS) is 16.8. The second-order valence-electron chi connectivity index (χ2n) is 6.29. The van der Waals surface area contributed by atoms with Crippen molar-refractivity contribution in [2.24, 2.45) is 0 Å². The van der Waals surface area contributed by atoms with Crippen molar-refractivity contribution in [1.82, 2.24) is 4.90 Å². The van der Waals surface area contributed by atoms with Gasteiger partial charge in [0, 0.05) is 6.54 Å². The molecule has 2 rings (SSSR count). The molecule has 1 saturated heterocycles. The largest absolute Gasteiger partial charge is 0.491 e. The molecule has 0 aliphatic carbocycles. The van der Waals surface area contributed by atoms with Crippen LogP contribution in [0.25, 0.3) is 0 Å². The highest BCUT2D eigenvalue weighted by molar-refractivity contribution is 6.32. The van der Waals surface area contributed by atoms with E-state index in [1.165, 1.54) is 31.5 Å². The molecule has 0 unspecified atom stereocenters. The molecule has 1 aliphatic heterocycles. The van der Waals surface area contributed by atoms with Crippen molar-refractivity contribution in [1.29, 1.82) is 0 Å². The summed E-state index contributed by atoms with van der Waals surface area (Å²) in [6, 6.07) is 6.09. The molecule has 1 heterocycles. The van der Waals surface area contributed by atoms with Crippen molar-refractivity contribution in [2.75, 3.05) is 26.2 Å². The van der Waals surface area contributed by atoms with Crippen molar-refractivity contribution in [2.45, 2.75) is 39.0 Å². The van der Waals surface area contributed by atoms with Gasteiger partial charge in [-0.2, -0.15) is 0 Å². The van der Waals surface area contributed by atoms with Gasteiger partial charge in [-0.3, -0.25) is 4.90 Å². The van der Waals surface area contributed by atoms with Gasteiger partial charge in [0.2, 0.25) is 0 Å². The van der Waals surface area contributed by atoms with Crippen molar-refractivity contribution in [3.05, 3.63) is 28.8 Å². The van der Waals surface area contributed by atoms with E-state index < -0.39 is 0 Å². The van der Waals surface area contributed by atoms with E-state index in [0.717, 1.165) is 12.3 Å². The van der Waals surface area contributed by atoms with Crippen LogP contribution in [0.1, 0.15) is 39.2 Å². The second-order valence-corrected chi connectivity index (χ2v) is 6.70. The van der Waals surface area contributed by atoms with Crippen molar-refractivity contribution in [3.8, 4) is 5.75 Å². The second kappa shape index (κ2) is 6.15. The van der Waals surface area contributed by atoms with Crippen molar-refractivity contribution < 1.29 is 4.74 Å². The van der Waals surface area contributed by atoms with Crippen molar-refractivity contribution >= 4 is 11.6 Å². The minimum Gasteiger partial charge on any atom is -0.491 e. The minimum absolute atomic E-state index is 0.123. The van der Waals surface area contributed by atoms with Gasteiger partial charge in [-0.05, 0) is 49.0 Å². The first-order chi connectivity index (χ1) is 8.97. The third kappa shape index (κ3) is 4.12. The maximum absolute atomic E-state index is 6.20. The van der Waals surface area contributed by atoms with Crippen LogP contribution in [0.3, 0.4) is 0 Å². The van der Waals surface area contributed by atoms with E-state index in [1.54, 1.807) is 0 Å². The molecule has 0 saturated carbocycles. The number of nitrogens with zero attached hydrogens (tertiary/aromatic N) is 1. The molecular weight excluding hydrogens is 258 g/mol. The Kier molecular flexibility index (Phi) is 4.75. The lowest BCUT2D eigenvalue weighted by Crippen LogP contribution is -2.25. The Morgan fingerprint density at radius 1 is 1.21 bits per heavy atom. The predicted octanol–water partition coefficient (Wildman–Crippen LogP) is 4.11. The average Bonchev–Trinajstić information content (AvgIpc) is 2.83. The lowest BCUT2D eigenvalue weighted by Gasteiger charge is -2.21. The zero-order valence-corrected chi connectivity index (χ0v) is 13.0. The maximum Gasteiger partial charge on any atom is 0.138 e. The lowest BCUT2D eigenvalue weighted by atomic mass is 9.87. The Balaban J connectivity index is 1.94. The number of rotatable bonds is 4. The fourth-order valence-electron chi connectivity index (χ4n) is 2.37. The summed E-state index contributed by atoms with van der Waals surface area (Å²) in [6.07, 6.45) is 2.64. The van der Waals surface area contributed by atoms with Crippen LogP contribution in [-0.2, 0) is 5.41 Å². The molecule has 0 bridgehead atoms. The van der Waals surface area contributed by atoms with Gasteiger partial charge in [0.15, 0.2) is 0 Å². The first-order valence-electron chi connectivity index (χ1n) is 7.12. The van der Waals surface area contributed by atoms with Gasteiger partial charge >= 0.3 is 0 Å². The third-order valence-corrected chi connectivity index (χ3v) is 3.97. The fraction of sp³-hybridized carbons (Fsp3) is 0.625. The summed E-state index contributed by atoms with van der Waals surface area (Å²) in [4.78, 5) is 2.45. The van der Waals surface area contributed by atoms with E-state index in [0.29, 0.717) is 11.6 Å². The van der Waals surface area contributed by atoms with Crippen LogP contribution in [0.15, 0.2) is 18.2 Å². The van der Waals surface area contributed by atoms with E-state index >= 15 is 0 Å². The fourth-order valence-corrected chi connectivity index (χ4v) is 2.54. The highest BCUT2D eigenvalue weighted by atomic mass is 35.5. The van der Waals surface area contributed by atoms with Gasteiger partial charge in [-0.25, -0.2) is 0 Å². The summed E-state index contributed by atoms with van der Waals surface area (Å²) in [5.74, 6) is 0.813. The Morgan fingerprint density at radius 2 is 1.89 bits per heavy atom. The van der Waals surface area contributed by atoms with Gasteiger partial charge in [0.05, 0.1) is 5.02 Å². The molecule has 3 heteroatoms. The van der Waals surface area contributed by atoms with E-state index in [9.17, 15) is 0 Å². The molecule has 1 aliphatic rings. The van der Waals surface area contributed by atoms with E-state index in [1.807, 2.05) is 6.07 Å². The van der Waals surface area contributed by atoms with Crippen LogP contribution in [0.2, 0.25) is 5.02 Å². The number of hydrogen-bond donors (Lipinski definition) is 0. The molecule has 0 radical (unpaired) electrons. The zero-order chi connectivity index (χ0) is 13.9. The van der Waals surface area contributed by atoms with Crippen LogP contribution < -0.4 is 4.74 Å². The molecule has 1 fully saturated rings. The number of benzene rings is 1. The van der Waals surface area contributed by atoms with Crippen molar-refractivity contribution in [3.63, 3.8) is 0 Å². The Bertz CT molecular complexity index is 419. The zero-order valence-electron chi connectivity index (χ0n) is 12.2. The Morgan fingerprint density at radius 3 is 2.53 bits per heavy atom. The number of likely N-dealkylation sites (tertiary alicyclic amines) is 1. The summed E-state index contributed by atoms with van der Waals surface area (Å²) in [7, 11) is 0. The van der Waals surface area contributed by atoms with Gasteiger partial charge in [0.25, 0.3) is 0 Å². The molecule has 0 spiro atoms. The molecule has 19 heavy (non-hydrogen) atoms. The maximum atomic E-state index is 6.20. The molecule has 1 aromatic carbocycles. The minimum atomic E-state index is 0.123. The van der Waals surface area contributed by atoms with Crippen LogP contribution in [0, 0.1) is 0 Å².